The van der Waals surface area contributed by atoms with E-state index >= 15 is 0 Å². The van der Waals surface area contributed by atoms with Crippen molar-refractivity contribution in [2.75, 3.05) is 20.3 Å². The summed E-state index contributed by atoms with van der Waals surface area (Å²) in [5.74, 6) is 1.82. The Morgan fingerprint density at radius 1 is 1.20 bits per heavy atom. The highest BCUT2D eigenvalue weighted by Gasteiger charge is 2.06. The fourth-order valence-electron chi connectivity index (χ4n) is 1.71. The normalized spacial score (nSPS) is 10.1. The maximum absolute atomic E-state index is 11.6. The third-order valence-corrected chi connectivity index (χ3v) is 2.70. The summed E-state index contributed by atoms with van der Waals surface area (Å²) in [6, 6.07) is 10.9. The zero-order valence-electron chi connectivity index (χ0n) is 11.3. The van der Waals surface area contributed by atoms with Crippen LogP contribution in [0.3, 0.4) is 0 Å². The van der Waals surface area contributed by atoms with E-state index in [1.165, 1.54) is 0 Å². The number of rotatable bonds is 7. The minimum atomic E-state index is -0.178. The van der Waals surface area contributed by atoms with E-state index in [0.29, 0.717) is 24.5 Å². The lowest BCUT2D eigenvalue weighted by Gasteiger charge is -2.10. The van der Waals surface area contributed by atoms with Crippen LogP contribution in [0.25, 0.3) is 0 Å². The summed E-state index contributed by atoms with van der Waals surface area (Å²) in [4.78, 5) is 11.6. The van der Waals surface area contributed by atoms with E-state index in [2.05, 4.69) is 5.32 Å². The number of para-hydroxylation sites is 2. The first-order valence-electron chi connectivity index (χ1n) is 6.34. The number of methoxy groups -OCH3 is 1. The van der Waals surface area contributed by atoms with Gasteiger partial charge >= 0.3 is 0 Å². The molecule has 0 radical (unpaired) electrons. The molecule has 1 amide bonds. The van der Waals surface area contributed by atoms with Crippen LogP contribution in [0.1, 0.15) is 5.76 Å². The first kappa shape index (κ1) is 14.0. The van der Waals surface area contributed by atoms with Gasteiger partial charge in [-0.05, 0) is 24.3 Å². The molecular weight excluding hydrogens is 258 g/mol. The summed E-state index contributed by atoms with van der Waals surface area (Å²) in [7, 11) is 1.56. The minimum Gasteiger partial charge on any atom is -0.493 e. The standard InChI is InChI=1S/C15H17NO4/c1-18-13-6-2-3-7-14(13)20-11-15(17)16-9-8-12-5-4-10-19-12/h2-7,10H,8-9,11H2,1H3,(H,16,17). The maximum Gasteiger partial charge on any atom is 0.257 e. The van der Waals surface area contributed by atoms with Crippen molar-refractivity contribution in [2.24, 2.45) is 0 Å². The molecule has 2 rings (SSSR count). The summed E-state index contributed by atoms with van der Waals surface area (Å²) in [6.07, 6.45) is 2.27. The Morgan fingerprint density at radius 3 is 2.70 bits per heavy atom. The molecule has 5 nitrogen and oxygen atoms in total. The molecule has 1 aromatic carbocycles. The van der Waals surface area contributed by atoms with Crippen molar-refractivity contribution in [2.45, 2.75) is 6.42 Å². The van der Waals surface area contributed by atoms with Crippen LogP contribution in [0.4, 0.5) is 0 Å². The summed E-state index contributed by atoms with van der Waals surface area (Å²) < 4.78 is 15.7. The average Bonchev–Trinajstić information content (AvgIpc) is 2.98. The van der Waals surface area contributed by atoms with Gasteiger partial charge in [0.25, 0.3) is 5.91 Å². The van der Waals surface area contributed by atoms with Gasteiger partial charge in [-0.1, -0.05) is 12.1 Å². The second kappa shape index (κ2) is 7.23. The molecule has 5 heteroatoms. The quantitative estimate of drug-likeness (QED) is 0.840. The van der Waals surface area contributed by atoms with E-state index in [4.69, 9.17) is 13.9 Å². The second-order valence-electron chi connectivity index (χ2n) is 4.12. The van der Waals surface area contributed by atoms with Crippen molar-refractivity contribution in [1.29, 1.82) is 0 Å². The number of furan rings is 1. The first-order valence-corrected chi connectivity index (χ1v) is 6.34. The molecule has 1 heterocycles. The van der Waals surface area contributed by atoms with Crippen molar-refractivity contribution >= 4 is 5.91 Å². The summed E-state index contributed by atoms with van der Waals surface area (Å²) in [5.41, 5.74) is 0. The number of carbonyl (C=O) groups is 1. The van der Waals surface area contributed by atoms with E-state index in [9.17, 15) is 4.79 Å². The Kier molecular flexibility index (Phi) is 5.06. The molecule has 20 heavy (non-hydrogen) atoms. The van der Waals surface area contributed by atoms with E-state index in [1.54, 1.807) is 25.5 Å². The SMILES string of the molecule is COc1ccccc1OCC(=O)NCCc1ccco1. The van der Waals surface area contributed by atoms with Crippen molar-refractivity contribution in [3.63, 3.8) is 0 Å². The molecule has 0 unspecified atom stereocenters. The smallest absolute Gasteiger partial charge is 0.257 e. The lowest BCUT2D eigenvalue weighted by atomic mass is 10.3. The van der Waals surface area contributed by atoms with Crippen molar-refractivity contribution in [3.8, 4) is 11.5 Å². The molecule has 2 aromatic rings. The number of nitrogens with one attached hydrogen (secondary N) is 1. The van der Waals surface area contributed by atoms with Gasteiger partial charge in [0.1, 0.15) is 5.76 Å². The maximum atomic E-state index is 11.6. The summed E-state index contributed by atoms with van der Waals surface area (Å²) in [5, 5.41) is 2.76. The zero-order chi connectivity index (χ0) is 14.2. The monoisotopic (exact) mass is 275 g/mol. The Morgan fingerprint density at radius 2 is 2.00 bits per heavy atom. The molecule has 0 bridgehead atoms. The average molecular weight is 275 g/mol. The number of carbonyl (C=O) groups excluding carboxylic acids is 1. The zero-order valence-corrected chi connectivity index (χ0v) is 11.3. The minimum absolute atomic E-state index is 0.0431. The van der Waals surface area contributed by atoms with Gasteiger partial charge in [-0.25, -0.2) is 0 Å². The van der Waals surface area contributed by atoms with Gasteiger partial charge in [0.15, 0.2) is 18.1 Å². The van der Waals surface area contributed by atoms with Crippen LogP contribution < -0.4 is 14.8 Å². The Balaban J connectivity index is 1.72. The third kappa shape index (κ3) is 4.05. The molecule has 0 aliphatic heterocycles. The van der Waals surface area contributed by atoms with Crippen LogP contribution in [0.2, 0.25) is 0 Å². The molecule has 0 saturated carbocycles. The largest absolute Gasteiger partial charge is 0.493 e. The molecule has 0 atom stereocenters. The Hall–Kier alpha value is -2.43. The highest BCUT2D eigenvalue weighted by molar-refractivity contribution is 5.77. The highest BCUT2D eigenvalue weighted by atomic mass is 16.5. The van der Waals surface area contributed by atoms with Gasteiger partial charge in [0.05, 0.1) is 13.4 Å². The molecule has 0 aliphatic rings. The highest BCUT2D eigenvalue weighted by Crippen LogP contribution is 2.25. The van der Waals surface area contributed by atoms with Gasteiger partial charge in [0.2, 0.25) is 0 Å². The number of hydrogen-bond donors (Lipinski definition) is 1. The number of benzene rings is 1. The van der Waals surface area contributed by atoms with Crippen molar-refractivity contribution in [3.05, 3.63) is 48.4 Å². The van der Waals surface area contributed by atoms with Gasteiger partial charge in [-0.2, -0.15) is 0 Å². The van der Waals surface area contributed by atoms with Gasteiger partial charge in [-0.3, -0.25) is 4.79 Å². The lowest BCUT2D eigenvalue weighted by Crippen LogP contribution is -2.30. The van der Waals surface area contributed by atoms with Crippen LogP contribution in [-0.4, -0.2) is 26.2 Å². The summed E-state index contributed by atoms with van der Waals surface area (Å²) in [6.45, 7) is 0.472. The molecular formula is C15H17NO4. The van der Waals surface area contributed by atoms with Crippen LogP contribution in [-0.2, 0) is 11.2 Å². The van der Waals surface area contributed by atoms with E-state index < -0.39 is 0 Å². The number of amides is 1. The molecule has 106 valence electrons. The predicted octanol–water partition coefficient (Wildman–Crippen LogP) is 2.03. The van der Waals surface area contributed by atoms with Crippen molar-refractivity contribution in [1.82, 2.24) is 5.32 Å². The van der Waals surface area contributed by atoms with Crippen LogP contribution >= 0.6 is 0 Å². The molecule has 0 fully saturated rings. The molecule has 0 aliphatic carbocycles. The fraction of sp³-hybridized carbons (Fsp3) is 0.267. The lowest BCUT2D eigenvalue weighted by molar-refractivity contribution is -0.123. The second-order valence-corrected chi connectivity index (χ2v) is 4.12. The Labute approximate surface area is 117 Å². The molecule has 1 N–H and O–H groups in total. The Bertz CT molecular complexity index is 537. The first-order chi connectivity index (χ1) is 9.79. The van der Waals surface area contributed by atoms with Crippen LogP contribution in [0.5, 0.6) is 11.5 Å². The van der Waals surface area contributed by atoms with Gasteiger partial charge < -0.3 is 19.2 Å². The third-order valence-electron chi connectivity index (χ3n) is 2.70. The van der Waals surface area contributed by atoms with E-state index in [-0.39, 0.29) is 12.5 Å². The molecule has 1 aromatic heterocycles. The molecule has 0 spiro atoms. The van der Waals surface area contributed by atoms with E-state index in [1.807, 2.05) is 24.3 Å². The van der Waals surface area contributed by atoms with Crippen molar-refractivity contribution < 1.29 is 18.7 Å². The van der Waals surface area contributed by atoms with Gasteiger partial charge in [-0.15, -0.1) is 0 Å². The fourth-order valence-corrected chi connectivity index (χ4v) is 1.71. The topological polar surface area (TPSA) is 60.7 Å². The summed E-state index contributed by atoms with van der Waals surface area (Å²) >= 11 is 0. The van der Waals surface area contributed by atoms with Crippen LogP contribution in [0, 0.1) is 0 Å². The van der Waals surface area contributed by atoms with E-state index in [0.717, 1.165) is 5.76 Å². The van der Waals surface area contributed by atoms with Gasteiger partial charge in [0, 0.05) is 13.0 Å². The van der Waals surface area contributed by atoms with Crippen LogP contribution in [0.15, 0.2) is 47.1 Å². The number of hydrogen-bond acceptors (Lipinski definition) is 4. The predicted molar refractivity (Wildman–Crippen MR) is 73.9 cm³/mol. The molecule has 0 saturated heterocycles. The number of ether oxygens (including phenoxy) is 2.